The van der Waals surface area contributed by atoms with Crippen LogP contribution in [0.2, 0.25) is 10.0 Å². The maximum atomic E-state index is 12.8. The molecule has 126 valence electrons. The highest BCUT2D eigenvalue weighted by atomic mass is 35.5. The zero-order chi connectivity index (χ0) is 16.4. The largest absolute Gasteiger partial charge is 0.395 e. The van der Waals surface area contributed by atoms with Crippen molar-refractivity contribution in [3.63, 3.8) is 0 Å². The van der Waals surface area contributed by atoms with E-state index < -0.39 is 0 Å². The van der Waals surface area contributed by atoms with Gasteiger partial charge in [0, 0.05) is 44.1 Å². The van der Waals surface area contributed by atoms with Gasteiger partial charge in [0.05, 0.1) is 22.1 Å². The first-order valence-electron chi connectivity index (χ1n) is 7.96. The maximum absolute atomic E-state index is 12.8. The fourth-order valence-corrected chi connectivity index (χ4v) is 4.25. The number of amides is 1. The van der Waals surface area contributed by atoms with Crippen LogP contribution >= 0.6 is 23.2 Å². The lowest BCUT2D eigenvalue weighted by Gasteiger charge is -2.39. The summed E-state index contributed by atoms with van der Waals surface area (Å²) in [6.07, 6.45) is 5.97. The van der Waals surface area contributed by atoms with Crippen molar-refractivity contribution in [1.82, 2.24) is 14.8 Å². The number of carbonyl (C=O) groups is 1. The number of β-amino-alcohol motifs (C(OH)–C–C–N with tert-alkyl or cyclic N) is 1. The second-order valence-electron chi connectivity index (χ2n) is 6.44. The van der Waals surface area contributed by atoms with Gasteiger partial charge in [-0.3, -0.25) is 14.7 Å². The van der Waals surface area contributed by atoms with E-state index >= 15 is 0 Å². The maximum Gasteiger partial charge on any atom is 0.230 e. The normalized spacial score (nSPS) is 25.5. The molecule has 5 nitrogen and oxygen atoms in total. The van der Waals surface area contributed by atoms with Gasteiger partial charge in [0.25, 0.3) is 0 Å². The first kappa shape index (κ1) is 17.0. The van der Waals surface area contributed by atoms with Gasteiger partial charge in [-0.1, -0.05) is 23.2 Å². The molecule has 2 aliphatic rings. The standard InChI is InChI=1S/C16H21Cl2N3O2/c17-13-8-19-9-14(18)12(13)10-20-5-3-16(11-20)2-1-4-21(6-7-22)15(16)23/h8-9,22H,1-7,10-11H2. The van der Waals surface area contributed by atoms with Crippen LogP contribution in [0.5, 0.6) is 0 Å². The molecule has 0 bridgehead atoms. The van der Waals surface area contributed by atoms with Crippen molar-refractivity contribution in [2.45, 2.75) is 25.8 Å². The third kappa shape index (κ3) is 3.33. The van der Waals surface area contributed by atoms with E-state index in [9.17, 15) is 4.79 Å². The molecule has 7 heteroatoms. The van der Waals surface area contributed by atoms with Crippen LogP contribution in [0, 0.1) is 5.41 Å². The first-order chi connectivity index (χ1) is 11.1. The molecule has 2 saturated heterocycles. The summed E-state index contributed by atoms with van der Waals surface area (Å²) in [7, 11) is 0. The Labute approximate surface area is 146 Å². The lowest BCUT2D eigenvalue weighted by Crippen LogP contribution is -2.50. The highest BCUT2D eigenvalue weighted by Gasteiger charge is 2.48. The Hall–Kier alpha value is -0.880. The molecule has 3 heterocycles. The van der Waals surface area contributed by atoms with Gasteiger partial charge in [0.1, 0.15) is 0 Å². The second-order valence-corrected chi connectivity index (χ2v) is 7.26. The van der Waals surface area contributed by atoms with Gasteiger partial charge in [0.15, 0.2) is 0 Å². The molecule has 0 aliphatic carbocycles. The number of hydrogen-bond acceptors (Lipinski definition) is 4. The van der Waals surface area contributed by atoms with Crippen molar-refractivity contribution in [3.05, 3.63) is 28.0 Å². The number of halogens is 2. The predicted molar refractivity (Wildman–Crippen MR) is 89.5 cm³/mol. The Morgan fingerprint density at radius 2 is 1.96 bits per heavy atom. The van der Waals surface area contributed by atoms with E-state index in [2.05, 4.69) is 9.88 Å². The summed E-state index contributed by atoms with van der Waals surface area (Å²) in [6, 6.07) is 0. The van der Waals surface area contributed by atoms with Gasteiger partial charge in [-0.05, 0) is 25.8 Å². The fourth-order valence-electron chi connectivity index (χ4n) is 3.77. The number of nitrogens with zero attached hydrogens (tertiary/aromatic N) is 3. The molecule has 2 fully saturated rings. The highest BCUT2D eigenvalue weighted by Crippen LogP contribution is 2.41. The summed E-state index contributed by atoms with van der Waals surface area (Å²) >= 11 is 12.4. The van der Waals surface area contributed by atoms with Crippen molar-refractivity contribution in [3.8, 4) is 0 Å². The quantitative estimate of drug-likeness (QED) is 0.897. The zero-order valence-corrected chi connectivity index (χ0v) is 14.5. The summed E-state index contributed by atoms with van der Waals surface area (Å²) in [5.41, 5.74) is 0.565. The number of piperidine rings is 1. The lowest BCUT2D eigenvalue weighted by atomic mass is 9.78. The van der Waals surface area contributed by atoms with Crippen LogP contribution in [-0.4, -0.2) is 58.6 Å². The molecule has 1 atom stereocenters. The molecular formula is C16H21Cl2N3O2. The Morgan fingerprint density at radius 3 is 2.65 bits per heavy atom. The van der Waals surface area contributed by atoms with E-state index in [1.165, 1.54) is 0 Å². The van der Waals surface area contributed by atoms with Crippen LogP contribution in [0.1, 0.15) is 24.8 Å². The van der Waals surface area contributed by atoms with E-state index in [0.29, 0.717) is 23.1 Å². The summed E-state index contributed by atoms with van der Waals surface area (Å²) in [5.74, 6) is 0.187. The number of aliphatic hydroxyl groups excluding tert-OH is 1. The number of pyridine rings is 1. The minimum absolute atomic E-state index is 0.0216. The van der Waals surface area contributed by atoms with Gasteiger partial charge in [0.2, 0.25) is 5.91 Å². The third-order valence-electron chi connectivity index (χ3n) is 4.96. The number of likely N-dealkylation sites (tertiary alicyclic amines) is 2. The average molecular weight is 358 g/mol. The summed E-state index contributed by atoms with van der Waals surface area (Å²) in [6.45, 7) is 3.42. The topological polar surface area (TPSA) is 56.7 Å². The van der Waals surface area contributed by atoms with Gasteiger partial charge >= 0.3 is 0 Å². The third-order valence-corrected chi connectivity index (χ3v) is 5.61. The molecule has 0 radical (unpaired) electrons. The number of aliphatic hydroxyl groups is 1. The lowest BCUT2D eigenvalue weighted by molar-refractivity contribution is -0.146. The Morgan fingerprint density at radius 1 is 1.22 bits per heavy atom. The Kier molecular flexibility index (Phi) is 5.11. The average Bonchev–Trinajstić information content (AvgIpc) is 2.92. The summed E-state index contributed by atoms with van der Waals surface area (Å²) in [4.78, 5) is 20.8. The number of hydrogen-bond donors (Lipinski definition) is 1. The first-order valence-corrected chi connectivity index (χ1v) is 8.72. The van der Waals surface area contributed by atoms with Crippen molar-refractivity contribution < 1.29 is 9.90 Å². The van der Waals surface area contributed by atoms with E-state index in [1.54, 1.807) is 17.3 Å². The molecule has 1 N–H and O–H groups in total. The number of rotatable bonds is 4. The van der Waals surface area contributed by atoms with E-state index in [1.807, 2.05) is 0 Å². The molecule has 0 saturated carbocycles. The molecule has 0 aromatic carbocycles. The molecule has 1 amide bonds. The zero-order valence-electron chi connectivity index (χ0n) is 13.0. The smallest absolute Gasteiger partial charge is 0.230 e. The number of carbonyl (C=O) groups excluding carboxylic acids is 1. The molecule has 1 unspecified atom stereocenters. The van der Waals surface area contributed by atoms with Crippen molar-refractivity contribution in [2.24, 2.45) is 5.41 Å². The molecular weight excluding hydrogens is 337 g/mol. The summed E-state index contributed by atoms with van der Waals surface area (Å²) in [5, 5.41) is 10.3. The number of aromatic nitrogens is 1. The van der Waals surface area contributed by atoms with Crippen LogP contribution in [0.3, 0.4) is 0 Å². The SMILES string of the molecule is O=C1N(CCO)CCCC12CCN(Cc1c(Cl)cncc1Cl)C2. The van der Waals surface area contributed by atoms with Crippen LogP contribution in [0.4, 0.5) is 0 Å². The molecule has 23 heavy (non-hydrogen) atoms. The van der Waals surface area contributed by atoms with E-state index in [-0.39, 0.29) is 17.9 Å². The predicted octanol–water partition coefficient (Wildman–Crippen LogP) is 2.20. The van der Waals surface area contributed by atoms with Crippen LogP contribution in [0.25, 0.3) is 0 Å². The molecule has 1 aromatic rings. The van der Waals surface area contributed by atoms with Gasteiger partial charge < -0.3 is 10.0 Å². The fraction of sp³-hybridized carbons (Fsp3) is 0.625. The van der Waals surface area contributed by atoms with E-state index in [4.69, 9.17) is 28.3 Å². The van der Waals surface area contributed by atoms with Gasteiger partial charge in [-0.25, -0.2) is 0 Å². The van der Waals surface area contributed by atoms with Gasteiger partial charge in [-0.15, -0.1) is 0 Å². The minimum Gasteiger partial charge on any atom is -0.395 e. The molecule has 2 aliphatic heterocycles. The van der Waals surface area contributed by atoms with Crippen molar-refractivity contribution >= 4 is 29.1 Å². The highest BCUT2D eigenvalue weighted by molar-refractivity contribution is 6.35. The van der Waals surface area contributed by atoms with Crippen LogP contribution < -0.4 is 0 Å². The molecule has 1 spiro atoms. The summed E-state index contributed by atoms with van der Waals surface area (Å²) < 4.78 is 0. The van der Waals surface area contributed by atoms with Crippen LogP contribution in [-0.2, 0) is 11.3 Å². The second kappa shape index (κ2) is 6.93. The van der Waals surface area contributed by atoms with Crippen LogP contribution in [0.15, 0.2) is 12.4 Å². The van der Waals surface area contributed by atoms with Crippen molar-refractivity contribution in [1.29, 1.82) is 0 Å². The molecule has 1 aromatic heterocycles. The molecule has 3 rings (SSSR count). The Bertz CT molecular complexity index is 576. The minimum atomic E-state index is -0.306. The van der Waals surface area contributed by atoms with Crippen molar-refractivity contribution in [2.75, 3.05) is 32.8 Å². The Balaban J connectivity index is 1.71. The van der Waals surface area contributed by atoms with E-state index in [0.717, 1.165) is 44.5 Å². The van der Waals surface area contributed by atoms with Gasteiger partial charge in [-0.2, -0.15) is 0 Å². The monoisotopic (exact) mass is 357 g/mol.